The number of benzene rings is 2. The van der Waals surface area contributed by atoms with Crippen molar-refractivity contribution >= 4 is 12.0 Å². The molecule has 2 aromatic rings. The molecule has 0 aliphatic rings. The SMILES string of the molecule is CC(C)(O)c1ccc(CNC(=O)NC(CCC(=O)O)Cc2ccccc2)cc1. The highest BCUT2D eigenvalue weighted by Crippen LogP contribution is 2.19. The van der Waals surface area contributed by atoms with Gasteiger partial charge in [0.2, 0.25) is 0 Å². The summed E-state index contributed by atoms with van der Waals surface area (Å²) in [5.41, 5.74) is 1.85. The molecule has 0 spiro atoms. The minimum absolute atomic E-state index is 0.00378. The Kier molecular flexibility index (Phi) is 7.58. The molecule has 2 rings (SSSR count). The second-order valence-corrected chi connectivity index (χ2v) is 7.40. The van der Waals surface area contributed by atoms with Gasteiger partial charge in [-0.1, -0.05) is 54.6 Å². The van der Waals surface area contributed by atoms with Crippen LogP contribution in [0.15, 0.2) is 54.6 Å². The number of nitrogens with one attached hydrogen (secondary N) is 2. The number of carbonyl (C=O) groups excluding carboxylic acids is 1. The third-order valence-electron chi connectivity index (χ3n) is 4.48. The molecular weight excluding hydrogens is 356 g/mol. The van der Waals surface area contributed by atoms with E-state index in [4.69, 9.17) is 5.11 Å². The van der Waals surface area contributed by atoms with E-state index in [9.17, 15) is 14.7 Å². The fraction of sp³-hybridized carbons (Fsp3) is 0.364. The van der Waals surface area contributed by atoms with Gasteiger partial charge in [0.05, 0.1) is 5.60 Å². The average Bonchev–Trinajstić information content (AvgIpc) is 2.65. The highest BCUT2D eigenvalue weighted by Gasteiger charge is 2.16. The predicted molar refractivity (Wildman–Crippen MR) is 108 cm³/mol. The molecule has 0 aliphatic carbocycles. The molecule has 1 unspecified atom stereocenters. The molecule has 0 radical (unpaired) electrons. The summed E-state index contributed by atoms with van der Waals surface area (Å²) in [7, 11) is 0. The summed E-state index contributed by atoms with van der Waals surface area (Å²) in [6.07, 6.45) is 0.927. The highest BCUT2D eigenvalue weighted by molar-refractivity contribution is 5.74. The summed E-state index contributed by atoms with van der Waals surface area (Å²) < 4.78 is 0. The lowest BCUT2D eigenvalue weighted by molar-refractivity contribution is -0.137. The van der Waals surface area contributed by atoms with E-state index in [2.05, 4.69) is 10.6 Å². The number of urea groups is 1. The first-order chi connectivity index (χ1) is 13.2. The molecule has 0 saturated carbocycles. The Hall–Kier alpha value is -2.86. The van der Waals surface area contributed by atoms with Gasteiger partial charge in [0.1, 0.15) is 0 Å². The maximum Gasteiger partial charge on any atom is 0.315 e. The number of aliphatic hydroxyl groups is 1. The fourth-order valence-corrected chi connectivity index (χ4v) is 2.87. The zero-order chi connectivity index (χ0) is 20.6. The largest absolute Gasteiger partial charge is 0.481 e. The van der Waals surface area contributed by atoms with Crippen molar-refractivity contribution in [3.8, 4) is 0 Å². The maximum atomic E-state index is 12.3. The molecule has 0 bridgehead atoms. The van der Waals surface area contributed by atoms with Gasteiger partial charge in [-0.2, -0.15) is 0 Å². The second-order valence-electron chi connectivity index (χ2n) is 7.40. The average molecular weight is 384 g/mol. The van der Waals surface area contributed by atoms with Crippen molar-refractivity contribution in [2.75, 3.05) is 0 Å². The third kappa shape index (κ3) is 7.40. The molecule has 150 valence electrons. The summed E-state index contributed by atoms with van der Waals surface area (Å²) in [6.45, 7) is 3.78. The molecule has 2 aromatic carbocycles. The van der Waals surface area contributed by atoms with Crippen molar-refractivity contribution in [1.82, 2.24) is 10.6 Å². The first-order valence-electron chi connectivity index (χ1n) is 9.36. The maximum absolute atomic E-state index is 12.3. The second kappa shape index (κ2) is 9.90. The van der Waals surface area contributed by atoms with Gasteiger partial charge in [0.25, 0.3) is 0 Å². The minimum Gasteiger partial charge on any atom is -0.481 e. The number of hydrogen-bond acceptors (Lipinski definition) is 3. The Morgan fingerprint density at radius 2 is 1.64 bits per heavy atom. The number of carbonyl (C=O) groups is 2. The molecule has 0 aromatic heterocycles. The van der Waals surface area contributed by atoms with Gasteiger partial charge < -0.3 is 20.8 Å². The van der Waals surface area contributed by atoms with E-state index in [1.165, 1.54) is 0 Å². The zero-order valence-electron chi connectivity index (χ0n) is 16.3. The Labute approximate surface area is 165 Å². The molecule has 6 nitrogen and oxygen atoms in total. The van der Waals surface area contributed by atoms with Crippen molar-refractivity contribution < 1.29 is 19.8 Å². The van der Waals surface area contributed by atoms with E-state index in [1.807, 2.05) is 54.6 Å². The number of amides is 2. The number of carboxylic acid groups (broad SMARTS) is 1. The molecule has 2 amide bonds. The fourth-order valence-electron chi connectivity index (χ4n) is 2.87. The summed E-state index contributed by atoms with van der Waals surface area (Å²) in [4.78, 5) is 23.2. The third-order valence-corrected chi connectivity index (χ3v) is 4.48. The quantitative estimate of drug-likeness (QED) is 0.534. The smallest absolute Gasteiger partial charge is 0.315 e. The van der Waals surface area contributed by atoms with Crippen molar-refractivity contribution in [3.63, 3.8) is 0 Å². The Morgan fingerprint density at radius 1 is 1.00 bits per heavy atom. The van der Waals surface area contributed by atoms with Gasteiger partial charge in [-0.15, -0.1) is 0 Å². The van der Waals surface area contributed by atoms with Gasteiger partial charge in [-0.05, 0) is 43.4 Å². The topological polar surface area (TPSA) is 98.7 Å². The lowest BCUT2D eigenvalue weighted by atomic mass is 9.97. The van der Waals surface area contributed by atoms with Crippen LogP contribution in [0, 0.1) is 0 Å². The van der Waals surface area contributed by atoms with Crippen LogP contribution < -0.4 is 10.6 Å². The van der Waals surface area contributed by atoms with Crippen molar-refractivity contribution in [1.29, 1.82) is 0 Å². The number of rotatable bonds is 9. The molecule has 0 saturated heterocycles. The standard InChI is InChI=1S/C22H28N2O4/c1-22(2,28)18-10-8-17(9-11-18)15-23-21(27)24-19(12-13-20(25)26)14-16-6-4-3-5-7-16/h3-11,19,28H,12-15H2,1-2H3,(H,25,26)(H2,23,24,27). The number of hydrogen-bond donors (Lipinski definition) is 4. The summed E-state index contributed by atoms with van der Waals surface area (Å²) in [6, 6.07) is 16.4. The zero-order valence-corrected chi connectivity index (χ0v) is 16.3. The Bertz CT molecular complexity index is 767. The molecule has 1 atom stereocenters. The molecule has 28 heavy (non-hydrogen) atoms. The van der Waals surface area contributed by atoms with Crippen LogP contribution in [-0.2, 0) is 23.4 Å². The molecule has 6 heteroatoms. The van der Waals surface area contributed by atoms with Gasteiger partial charge in [0, 0.05) is 19.0 Å². The summed E-state index contributed by atoms with van der Waals surface area (Å²) in [5.74, 6) is -0.882. The van der Waals surface area contributed by atoms with E-state index in [0.717, 1.165) is 16.7 Å². The summed E-state index contributed by atoms with van der Waals surface area (Å²) >= 11 is 0. The van der Waals surface area contributed by atoms with Gasteiger partial charge in [-0.25, -0.2) is 4.79 Å². The number of aliphatic carboxylic acids is 1. The lowest BCUT2D eigenvalue weighted by Gasteiger charge is -2.19. The van der Waals surface area contributed by atoms with Gasteiger partial charge in [0.15, 0.2) is 0 Å². The van der Waals surface area contributed by atoms with E-state index in [1.54, 1.807) is 13.8 Å². The van der Waals surface area contributed by atoms with E-state index in [-0.39, 0.29) is 18.5 Å². The van der Waals surface area contributed by atoms with E-state index >= 15 is 0 Å². The monoisotopic (exact) mass is 384 g/mol. The molecular formula is C22H28N2O4. The number of carboxylic acids is 1. The molecule has 4 N–H and O–H groups in total. The first-order valence-corrected chi connectivity index (χ1v) is 9.36. The first kappa shape index (κ1) is 21.4. The van der Waals surface area contributed by atoms with Crippen LogP contribution in [0.4, 0.5) is 4.79 Å². The van der Waals surface area contributed by atoms with Crippen LogP contribution in [0.1, 0.15) is 43.4 Å². The van der Waals surface area contributed by atoms with Crippen LogP contribution >= 0.6 is 0 Å². The normalized spacial score (nSPS) is 12.2. The highest BCUT2D eigenvalue weighted by atomic mass is 16.4. The van der Waals surface area contributed by atoms with Crippen molar-refractivity contribution in [3.05, 3.63) is 71.3 Å². The molecule has 0 aliphatic heterocycles. The molecule has 0 fully saturated rings. The van der Waals surface area contributed by atoms with Crippen LogP contribution in [0.3, 0.4) is 0 Å². The lowest BCUT2D eigenvalue weighted by Crippen LogP contribution is -2.43. The van der Waals surface area contributed by atoms with E-state index in [0.29, 0.717) is 19.4 Å². The van der Waals surface area contributed by atoms with Crippen LogP contribution in [0.25, 0.3) is 0 Å². The minimum atomic E-state index is -0.905. The van der Waals surface area contributed by atoms with Crippen LogP contribution in [0.5, 0.6) is 0 Å². The van der Waals surface area contributed by atoms with Crippen LogP contribution in [-0.4, -0.2) is 28.3 Å². The predicted octanol–water partition coefficient (Wildman–Crippen LogP) is 3.19. The summed E-state index contributed by atoms with van der Waals surface area (Å²) in [5, 5.41) is 24.6. The Morgan fingerprint density at radius 3 is 2.21 bits per heavy atom. The van der Waals surface area contributed by atoms with E-state index < -0.39 is 11.6 Å². The molecule has 0 heterocycles. The van der Waals surface area contributed by atoms with Gasteiger partial charge >= 0.3 is 12.0 Å². The van der Waals surface area contributed by atoms with Crippen molar-refractivity contribution in [2.24, 2.45) is 0 Å². The Balaban J connectivity index is 1.90. The van der Waals surface area contributed by atoms with Crippen molar-refractivity contribution in [2.45, 2.75) is 51.3 Å². The van der Waals surface area contributed by atoms with Gasteiger partial charge in [-0.3, -0.25) is 4.79 Å². The van der Waals surface area contributed by atoms with Crippen LogP contribution in [0.2, 0.25) is 0 Å².